The molecule has 3 fully saturated rings. The van der Waals surface area contributed by atoms with Crippen molar-refractivity contribution in [3.63, 3.8) is 0 Å². The normalized spacial score (nSPS) is 32.5. The van der Waals surface area contributed by atoms with Gasteiger partial charge < -0.3 is 9.47 Å². The Morgan fingerprint density at radius 3 is 2.91 bits per heavy atom. The fourth-order valence-corrected chi connectivity index (χ4v) is 4.36. The first kappa shape index (κ1) is 14.7. The summed E-state index contributed by atoms with van der Waals surface area (Å²) in [5.41, 5.74) is 1.24. The van der Waals surface area contributed by atoms with Crippen molar-refractivity contribution in [2.45, 2.75) is 69.9 Å². The molecule has 1 aromatic rings. The smallest absolute Gasteiger partial charge is 0.0993 e. The molecule has 0 bridgehead atoms. The maximum absolute atomic E-state index is 6.19. The van der Waals surface area contributed by atoms with E-state index in [4.69, 9.17) is 9.47 Å². The van der Waals surface area contributed by atoms with Gasteiger partial charge in [-0.3, -0.25) is 9.58 Å². The molecular formula is C17H27N3O2. The van der Waals surface area contributed by atoms with Crippen molar-refractivity contribution >= 4 is 0 Å². The van der Waals surface area contributed by atoms with Crippen LogP contribution in [0.5, 0.6) is 0 Å². The molecule has 1 aliphatic carbocycles. The third-order valence-electron chi connectivity index (χ3n) is 5.31. The standard InChI is InChI=1S/C17H27N3O2/c1-17(2)12-19(15-10-21-11-16(15)22-17)9-14-7-8-18-20(14)13-5-3-4-6-13/h7-8,13,15-16H,3-6,9-12H2,1-2H3/t15-,16-/m1/s1. The van der Waals surface area contributed by atoms with Gasteiger partial charge in [-0.05, 0) is 32.8 Å². The molecule has 2 aliphatic heterocycles. The van der Waals surface area contributed by atoms with Crippen LogP contribution < -0.4 is 0 Å². The Hall–Kier alpha value is -0.910. The maximum Gasteiger partial charge on any atom is 0.0993 e. The summed E-state index contributed by atoms with van der Waals surface area (Å²) in [7, 11) is 0. The first-order valence-corrected chi connectivity index (χ1v) is 8.64. The summed E-state index contributed by atoms with van der Waals surface area (Å²) in [6.07, 6.45) is 7.41. The number of rotatable bonds is 3. The van der Waals surface area contributed by atoms with Gasteiger partial charge in [-0.15, -0.1) is 0 Å². The number of ether oxygens (including phenoxy) is 2. The lowest BCUT2D eigenvalue weighted by molar-refractivity contribution is -0.151. The molecule has 0 radical (unpaired) electrons. The maximum atomic E-state index is 6.19. The number of aromatic nitrogens is 2. The van der Waals surface area contributed by atoms with Crippen LogP contribution in [0.15, 0.2) is 12.3 Å². The lowest BCUT2D eigenvalue weighted by Gasteiger charge is -2.45. The minimum Gasteiger partial charge on any atom is -0.377 e. The number of hydrogen-bond donors (Lipinski definition) is 0. The largest absolute Gasteiger partial charge is 0.377 e. The summed E-state index contributed by atoms with van der Waals surface area (Å²) in [4.78, 5) is 2.55. The van der Waals surface area contributed by atoms with E-state index in [1.54, 1.807) is 0 Å². The van der Waals surface area contributed by atoms with E-state index in [0.29, 0.717) is 12.1 Å². The Labute approximate surface area is 132 Å². The average molecular weight is 305 g/mol. The van der Waals surface area contributed by atoms with Crippen molar-refractivity contribution in [3.05, 3.63) is 18.0 Å². The van der Waals surface area contributed by atoms with Crippen molar-refractivity contribution in [3.8, 4) is 0 Å². The SMILES string of the molecule is CC1(C)CN(Cc2ccnn2C2CCCC2)[C@@H]2COC[C@H]2O1. The average Bonchev–Trinajstić information content (AvgIpc) is 3.17. The Balaban J connectivity index is 1.53. The third kappa shape index (κ3) is 2.70. The van der Waals surface area contributed by atoms with Gasteiger partial charge in [-0.25, -0.2) is 0 Å². The molecule has 2 atom stereocenters. The van der Waals surface area contributed by atoms with E-state index in [9.17, 15) is 0 Å². The molecule has 1 saturated carbocycles. The molecule has 0 unspecified atom stereocenters. The van der Waals surface area contributed by atoms with E-state index in [-0.39, 0.29) is 11.7 Å². The molecule has 5 heteroatoms. The molecule has 122 valence electrons. The quantitative estimate of drug-likeness (QED) is 0.859. The highest BCUT2D eigenvalue weighted by Crippen LogP contribution is 2.33. The van der Waals surface area contributed by atoms with Crippen molar-refractivity contribution in [2.75, 3.05) is 19.8 Å². The van der Waals surface area contributed by atoms with Gasteiger partial charge in [-0.1, -0.05) is 12.8 Å². The second-order valence-electron chi connectivity index (χ2n) is 7.63. The lowest BCUT2D eigenvalue weighted by atomic mass is 10.0. The topological polar surface area (TPSA) is 39.5 Å². The van der Waals surface area contributed by atoms with Crippen LogP contribution >= 0.6 is 0 Å². The number of nitrogens with zero attached hydrogens (tertiary/aromatic N) is 3. The zero-order chi connectivity index (χ0) is 15.2. The Bertz CT molecular complexity index is 522. The van der Waals surface area contributed by atoms with Gasteiger partial charge in [-0.2, -0.15) is 5.10 Å². The van der Waals surface area contributed by atoms with E-state index in [0.717, 1.165) is 26.3 Å². The van der Waals surface area contributed by atoms with Gasteiger partial charge >= 0.3 is 0 Å². The van der Waals surface area contributed by atoms with Crippen LogP contribution in [0.3, 0.4) is 0 Å². The van der Waals surface area contributed by atoms with Crippen LogP contribution in [0.2, 0.25) is 0 Å². The summed E-state index contributed by atoms with van der Waals surface area (Å²) in [5, 5.41) is 4.61. The molecule has 4 rings (SSSR count). The molecule has 5 nitrogen and oxygen atoms in total. The minimum absolute atomic E-state index is 0.104. The second-order valence-corrected chi connectivity index (χ2v) is 7.63. The summed E-state index contributed by atoms with van der Waals surface area (Å²) in [6.45, 7) is 7.79. The van der Waals surface area contributed by atoms with Gasteiger partial charge in [0, 0.05) is 19.3 Å². The number of morpholine rings is 1. The minimum atomic E-state index is -0.104. The zero-order valence-electron chi connectivity index (χ0n) is 13.7. The molecule has 0 spiro atoms. The predicted molar refractivity (Wildman–Crippen MR) is 83.7 cm³/mol. The third-order valence-corrected chi connectivity index (χ3v) is 5.31. The summed E-state index contributed by atoms with van der Waals surface area (Å²) in [6, 6.07) is 3.18. The van der Waals surface area contributed by atoms with E-state index in [1.165, 1.54) is 31.4 Å². The van der Waals surface area contributed by atoms with Crippen LogP contribution in [0.1, 0.15) is 51.3 Å². The summed E-state index contributed by atoms with van der Waals surface area (Å²) in [5.74, 6) is 0. The van der Waals surface area contributed by atoms with Crippen LogP contribution in [-0.2, 0) is 16.0 Å². The van der Waals surface area contributed by atoms with Crippen molar-refractivity contribution < 1.29 is 9.47 Å². The van der Waals surface area contributed by atoms with Crippen molar-refractivity contribution in [1.29, 1.82) is 0 Å². The Kier molecular flexibility index (Phi) is 3.75. The molecule has 22 heavy (non-hydrogen) atoms. The number of hydrogen-bond acceptors (Lipinski definition) is 4. The van der Waals surface area contributed by atoms with E-state index in [2.05, 4.69) is 34.6 Å². The van der Waals surface area contributed by atoms with Gasteiger partial charge in [0.15, 0.2) is 0 Å². The van der Waals surface area contributed by atoms with Gasteiger partial charge in [0.1, 0.15) is 0 Å². The Morgan fingerprint density at radius 2 is 2.09 bits per heavy atom. The molecular weight excluding hydrogens is 278 g/mol. The second kappa shape index (κ2) is 5.62. The zero-order valence-corrected chi connectivity index (χ0v) is 13.7. The molecule has 0 N–H and O–H groups in total. The van der Waals surface area contributed by atoms with E-state index < -0.39 is 0 Å². The molecule has 0 aromatic carbocycles. The van der Waals surface area contributed by atoms with Crippen LogP contribution in [0.25, 0.3) is 0 Å². The van der Waals surface area contributed by atoms with Gasteiger partial charge in [0.2, 0.25) is 0 Å². The monoisotopic (exact) mass is 305 g/mol. The molecule has 1 aromatic heterocycles. The fraction of sp³-hybridized carbons (Fsp3) is 0.824. The van der Waals surface area contributed by atoms with Crippen LogP contribution in [-0.4, -0.2) is 52.2 Å². The molecule has 3 heterocycles. The van der Waals surface area contributed by atoms with Crippen LogP contribution in [0, 0.1) is 0 Å². The predicted octanol–water partition coefficient (Wildman–Crippen LogP) is 2.38. The Morgan fingerprint density at radius 1 is 1.27 bits per heavy atom. The highest BCUT2D eigenvalue weighted by atomic mass is 16.6. The highest BCUT2D eigenvalue weighted by molar-refractivity contribution is 5.05. The van der Waals surface area contributed by atoms with E-state index >= 15 is 0 Å². The van der Waals surface area contributed by atoms with Gasteiger partial charge in [0.25, 0.3) is 0 Å². The lowest BCUT2D eigenvalue weighted by Crippen LogP contribution is -2.58. The van der Waals surface area contributed by atoms with E-state index in [1.807, 2.05) is 6.20 Å². The molecule has 3 aliphatic rings. The molecule has 0 amide bonds. The first-order chi connectivity index (χ1) is 10.6. The molecule has 2 saturated heterocycles. The van der Waals surface area contributed by atoms with Crippen LogP contribution in [0.4, 0.5) is 0 Å². The van der Waals surface area contributed by atoms with Gasteiger partial charge in [0.05, 0.1) is 42.7 Å². The highest BCUT2D eigenvalue weighted by Gasteiger charge is 2.44. The summed E-state index contributed by atoms with van der Waals surface area (Å²) < 4.78 is 14.1. The van der Waals surface area contributed by atoms with Crippen molar-refractivity contribution in [1.82, 2.24) is 14.7 Å². The first-order valence-electron chi connectivity index (χ1n) is 8.64. The fourth-order valence-electron chi connectivity index (χ4n) is 4.36. The van der Waals surface area contributed by atoms with Crippen molar-refractivity contribution in [2.24, 2.45) is 0 Å². The summed E-state index contributed by atoms with van der Waals surface area (Å²) >= 11 is 0. The number of fused-ring (bicyclic) bond motifs is 1.